The third-order valence-electron chi connectivity index (χ3n) is 4.04. The molecule has 0 unspecified atom stereocenters. The number of fused-ring (bicyclic) bond motifs is 1. The van der Waals surface area contributed by atoms with Gasteiger partial charge in [0.15, 0.2) is 5.16 Å². The van der Waals surface area contributed by atoms with Crippen molar-refractivity contribution in [2.24, 2.45) is 0 Å². The van der Waals surface area contributed by atoms with Crippen LogP contribution in [0.2, 0.25) is 0 Å². The SMILES string of the molecule is O=C(NNC(=O)c1cnccn1)c1ccc(CSc2nc3ccccc3[nH]2)cc1. The third kappa shape index (κ3) is 4.58. The topological polar surface area (TPSA) is 113 Å². The Labute approximate surface area is 170 Å². The van der Waals surface area contributed by atoms with E-state index >= 15 is 0 Å². The Hall–Kier alpha value is -3.72. The number of carbonyl (C=O) groups excluding carboxylic acids is 2. The van der Waals surface area contributed by atoms with Crippen molar-refractivity contribution in [1.29, 1.82) is 0 Å². The highest BCUT2D eigenvalue weighted by molar-refractivity contribution is 7.98. The van der Waals surface area contributed by atoms with Crippen LogP contribution in [0.4, 0.5) is 0 Å². The van der Waals surface area contributed by atoms with E-state index in [0.29, 0.717) is 11.3 Å². The van der Waals surface area contributed by atoms with Crippen LogP contribution in [-0.4, -0.2) is 31.8 Å². The van der Waals surface area contributed by atoms with Crippen molar-refractivity contribution < 1.29 is 9.59 Å². The summed E-state index contributed by atoms with van der Waals surface area (Å²) in [6.45, 7) is 0. The van der Waals surface area contributed by atoms with Gasteiger partial charge in [0.05, 0.1) is 17.2 Å². The van der Waals surface area contributed by atoms with E-state index in [2.05, 4.69) is 30.8 Å². The molecule has 29 heavy (non-hydrogen) atoms. The molecule has 0 aliphatic rings. The average molecular weight is 404 g/mol. The van der Waals surface area contributed by atoms with Gasteiger partial charge in [-0.05, 0) is 29.8 Å². The Morgan fingerprint density at radius 2 is 1.76 bits per heavy atom. The minimum absolute atomic E-state index is 0.116. The molecule has 0 bridgehead atoms. The van der Waals surface area contributed by atoms with E-state index in [-0.39, 0.29) is 5.69 Å². The molecule has 0 radical (unpaired) electrons. The van der Waals surface area contributed by atoms with Crippen LogP contribution in [0.25, 0.3) is 11.0 Å². The predicted octanol–water partition coefficient (Wildman–Crippen LogP) is 2.72. The molecule has 144 valence electrons. The van der Waals surface area contributed by atoms with Gasteiger partial charge < -0.3 is 4.98 Å². The molecule has 2 amide bonds. The molecule has 0 fully saturated rings. The molecule has 0 aliphatic carbocycles. The molecule has 2 aromatic heterocycles. The van der Waals surface area contributed by atoms with Crippen LogP contribution in [0.1, 0.15) is 26.4 Å². The lowest BCUT2D eigenvalue weighted by atomic mass is 10.1. The number of nitrogens with zero attached hydrogens (tertiary/aromatic N) is 3. The second-order valence-corrected chi connectivity index (χ2v) is 7.01. The first-order valence-electron chi connectivity index (χ1n) is 8.72. The van der Waals surface area contributed by atoms with Crippen LogP contribution in [0.3, 0.4) is 0 Å². The number of hydrogen-bond acceptors (Lipinski definition) is 6. The molecule has 0 atom stereocenters. The number of H-pyrrole nitrogens is 1. The highest BCUT2D eigenvalue weighted by Gasteiger charge is 2.10. The van der Waals surface area contributed by atoms with Gasteiger partial charge >= 0.3 is 0 Å². The number of hydrogen-bond donors (Lipinski definition) is 3. The number of carbonyl (C=O) groups is 2. The van der Waals surface area contributed by atoms with Gasteiger partial charge in [0.25, 0.3) is 11.8 Å². The first kappa shape index (κ1) is 18.6. The number of aromatic nitrogens is 4. The fraction of sp³-hybridized carbons (Fsp3) is 0.0500. The lowest BCUT2D eigenvalue weighted by Gasteiger charge is -2.07. The normalized spacial score (nSPS) is 10.6. The van der Waals surface area contributed by atoms with Crippen molar-refractivity contribution >= 4 is 34.6 Å². The summed E-state index contributed by atoms with van der Waals surface area (Å²) in [7, 11) is 0. The summed E-state index contributed by atoms with van der Waals surface area (Å²) in [4.78, 5) is 39.5. The quantitative estimate of drug-likeness (QED) is 0.348. The number of benzene rings is 2. The van der Waals surface area contributed by atoms with Gasteiger partial charge in [0.1, 0.15) is 5.69 Å². The number of thioether (sulfide) groups is 1. The molecule has 0 spiro atoms. The molecule has 4 aromatic rings. The number of imidazole rings is 1. The van der Waals surface area contributed by atoms with E-state index in [4.69, 9.17) is 0 Å². The Morgan fingerprint density at radius 1 is 0.966 bits per heavy atom. The molecule has 4 rings (SSSR count). The van der Waals surface area contributed by atoms with E-state index in [1.54, 1.807) is 23.9 Å². The monoisotopic (exact) mass is 404 g/mol. The van der Waals surface area contributed by atoms with Crippen LogP contribution >= 0.6 is 11.8 Å². The van der Waals surface area contributed by atoms with Crippen molar-refractivity contribution in [2.45, 2.75) is 10.9 Å². The van der Waals surface area contributed by atoms with Crippen molar-refractivity contribution in [3.05, 3.63) is 83.9 Å². The maximum Gasteiger partial charge on any atom is 0.289 e. The van der Waals surface area contributed by atoms with Crippen LogP contribution in [0.15, 0.2) is 72.3 Å². The van der Waals surface area contributed by atoms with Crippen LogP contribution < -0.4 is 10.9 Å². The molecule has 9 heteroatoms. The zero-order valence-electron chi connectivity index (χ0n) is 15.1. The summed E-state index contributed by atoms with van der Waals surface area (Å²) >= 11 is 1.59. The third-order valence-corrected chi connectivity index (χ3v) is 4.99. The minimum atomic E-state index is -0.537. The zero-order valence-corrected chi connectivity index (χ0v) is 15.9. The van der Waals surface area contributed by atoms with Crippen LogP contribution in [0, 0.1) is 0 Å². The zero-order chi connectivity index (χ0) is 20.1. The number of aromatic amines is 1. The Balaban J connectivity index is 1.31. The van der Waals surface area contributed by atoms with Gasteiger partial charge in [0, 0.05) is 23.7 Å². The van der Waals surface area contributed by atoms with E-state index < -0.39 is 11.8 Å². The second-order valence-electron chi connectivity index (χ2n) is 6.04. The van der Waals surface area contributed by atoms with E-state index in [1.165, 1.54) is 18.6 Å². The summed E-state index contributed by atoms with van der Waals surface area (Å²) in [6, 6.07) is 15.0. The number of nitrogens with one attached hydrogen (secondary N) is 3. The number of para-hydroxylation sites is 2. The van der Waals surface area contributed by atoms with Gasteiger partial charge in [-0.1, -0.05) is 36.0 Å². The Kier molecular flexibility index (Phi) is 5.48. The smallest absolute Gasteiger partial charge is 0.289 e. The minimum Gasteiger partial charge on any atom is -0.333 e. The summed E-state index contributed by atoms with van der Waals surface area (Å²) in [5.74, 6) is -0.241. The molecule has 2 heterocycles. The lowest BCUT2D eigenvalue weighted by Crippen LogP contribution is -2.41. The predicted molar refractivity (Wildman–Crippen MR) is 109 cm³/mol. The van der Waals surface area contributed by atoms with Crippen LogP contribution in [-0.2, 0) is 5.75 Å². The maximum atomic E-state index is 12.2. The van der Waals surface area contributed by atoms with Gasteiger partial charge in [0.2, 0.25) is 0 Å². The lowest BCUT2D eigenvalue weighted by molar-refractivity contribution is 0.0843. The molecule has 8 nitrogen and oxygen atoms in total. The molecule has 0 saturated heterocycles. The van der Waals surface area contributed by atoms with Crippen molar-refractivity contribution in [1.82, 2.24) is 30.8 Å². The molecular weight excluding hydrogens is 388 g/mol. The molecular formula is C20H16N6O2S. The van der Waals surface area contributed by atoms with E-state index in [9.17, 15) is 9.59 Å². The van der Waals surface area contributed by atoms with Gasteiger partial charge in [-0.25, -0.2) is 9.97 Å². The summed E-state index contributed by atoms with van der Waals surface area (Å²) in [6.07, 6.45) is 4.18. The first-order chi connectivity index (χ1) is 14.2. The summed E-state index contributed by atoms with van der Waals surface area (Å²) in [5, 5.41) is 0.847. The van der Waals surface area contributed by atoms with E-state index in [0.717, 1.165) is 21.8 Å². The Morgan fingerprint density at radius 3 is 2.52 bits per heavy atom. The summed E-state index contributed by atoms with van der Waals surface area (Å²) in [5.41, 5.74) is 8.22. The Bertz CT molecular complexity index is 1110. The van der Waals surface area contributed by atoms with Gasteiger partial charge in [-0.15, -0.1) is 0 Å². The molecule has 0 saturated carbocycles. The standard InChI is InChI=1S/C20H16N6O2S/c27-18(25-26-19(28)17-11-21-9-10-22-17)14-7-5-13(6-8-14)12-29-20-23-15-3-1-2-4-16(15)24-20/h1-11H,12H2,(H,23,24)(H,25,27)(H,26,28). The number of rotatable bonds is 5. The first-order valence-corrected chi connectivity index (χ1v) is 9.71. The van der Waals surface area contributed by atoms with Crippen LogP contribution in [0.5, 0.6) is 0 Å². The van der Waals surface area contributed by atoms with Gasteiger partial charge in [-0.2, -0.15) is 0 Å². The number of hydrazine groups is 1. The molecule has 0 aliphatic heterocycles. The fourth-order valence-electron chi connectivity index (χ4n) is 2.57. The van der Waals surface area contributed by atoms with Crippen molar-refractivity contribution in [3.8, 4) is 0 Å². The fourth-order valence-corrected chi connectivity index (χ4v) is 3.41. The highest BCUT2D eigenvalue weighted by Crippen LogP contribution is 2.23. The average Bonchev–Trinajstić information content (AvgIpc) is 3.20. The van der Waals surface area contributed by atoms with Crippen molar-refractivity contribution in [3.63, 3.8) is 0 Å². The van der Waals surface area contributed by atoms with Gasteiger partial charge in [-0.3, -0.25) is 25.4 Å². The number of amides is 2. The molecule has 3 N–H and O–H groups in total. The van der Waals surface area contributed by atoms with Crippen molar-refractivity contribution in [2.75, 3.05) is 0 Å². The largest absolute Gasteiger partial charge is 0.333 e. The highest BCUT2D eigenvalue weighted by atomic mass is 32.2. The summed E-state index contributed by atoms with van der Waals surface area (Å²) < 4.78 is 0. The second kappa shape index (κ2) is 8.53. The van der Waals surface area contributed by atoms with E-state index in [1.807, 2.05) is 36.4 Å². The maximum absolute atomic E-state index is 12.2. The molecule has 2 aromatic carbocycles.